The highest BCUT2D eigenvalue weighted by Gasteiger charge is 2.06. The second-order valence-corrected chi connectivity index (χ2v) is 1.48. The van der Waals surface area contributed by atoms with E-state index < -0.39 is 17.8 Å². The molecular weight excluding hydrogens is 132 g/mol. The Kier molecular flexibility index (Phi) is 6.81. The first-order valence-corrected chi connectivity index (χ1v) is 2.15. The molecule has 0 saturated heterocycles. The number of hydrogen-bond donors (Lipinski definition) is 3. The highest BCUT2D eigenvalue weighted by Crippen LogP contribution is 1.85. The van der Waals surface area contributed by atoms with Crippen molar-refractivity contribution in [1.29, 1.82) is 0 Å². The molecule has 0 aliphatic carbocycles. The van der Waals surface area contributed by atoms with Gasteiger partial charge >= 0.3 is 0 Å². The molecule has 0 spiro atoms. The Morgan fingerprint density at radius 3 is 2.12 bits per heavy atom. The predicted molar refractivity (Wildman–Crippen MR) is 30.7 cm³/mol. The first-order chi connectivity index (χ1) is 3.18. The van der Waals surface area contributed by atoms with Crippen LogP contribution in [0.5, 0.6) is 0 Å². The van der Waals surface area contributed by atoms with Gasteiger partial charge in [0.1, 0.15) is 6.10 Å². The fourth-order valence-corrected chi connectivity index (χ4v) is 0.160. The van der Waals surface area contributed by atoms with Crippen LogP contribution in [-0.2, 0) is 4.79 Å². The summed E-state index contributed by atoms with van der Waals surface area (Å²) in [6.45, 7) is -0.553. The van der Waals surface area contributed by atoms with Gasteiger partial charge in [0.15, 0.2) is 0 Å². The Hall–Kier alpha value is -0.100. The van der Waals surface area contributed by atoms with Gasteiger partial charge < -0.3 is 15.7 Å². The van der Waals surface area contributed by atoms with Crippen molar-refractivity contribution in [3.8, 4) is 0 Å². The minimum Gasteiger partial charge on any atom is -0.412 e. The Bertz CT molecular complexity index is 73.7. The zero-order valence-electron chi connectivity index (χ0n) is 4.03. The topological polar surface area (TPSA) is 89.0 Å². The van der Waals surface area contributed by atoms with Gasteiger partial charge in [0, 0.05) is 0 Å². The van der Waals surface area contributed by atoms with Crippen LogP contribution in [0.15, 0.2) is 0 Å². The molecule has 0 saturated carbocycles. The van der Waals surface area contributed by atoms with Crippen LogP contribution in [0.3, 0.4) is 0 Å². The first-order valence-electron chi connectivity index (χ1n) is 1.70. The maximum Gasteiger partial charge on any atom is 0.216 e. The molecule has 0 aromatic rings. The fourth-order valence-electron chi connectivity index (χ4n) is 0.0781. The molecule has 0 fully saturated rings. The molecule has 4 nitrogen and oxygen atoms in total. The van der Waals surface area contributed by atoms with E-state index in [1.54, 1.807) is 0 Å². The zero-order chi connectivity index (χ0) is 5.86. The molecule has 0 aliphatic rings. The van der Waals surface area contributed by atoms with Crippen molar-refractivity contribution in [3.63, 3.8) is 0 Å². The molecule has 4 N–H and O–H groups in total. The Morgan fingerprint density at radius 1 is 1.75 bits per heavy atom. The molecule has 0 bridgehead atoms. The Morgan fingerprint density at radius 2 is 2.12 bits per heavy atom. The highest BCUT2D eigenvalue weighted by atomic mass is 32.1. The number of rotatable bonds is 2. The van der Waals surface area contributed by atoms with Crippen LogP contribution in [0.1, 0.15) is 0 Å². The summed E-state index contributed by atoms with van der Waals surface area (Å²) >= 11 is 3.22. The zero-order valence-corrected chi connectivity index (χ0v) is 4.93. The van der Waals surface area contributed by atoms with Gasteiger partial charge in [-0.25, -0.2) is 0 Å². The smallest absolute Gasteiger partial charge is 0.216 e. The molecule has 1 atom stereocenters. The summed E-state index contributed by atoms with van der Waals surface area (Å²) < 4.78 is 0. The summed E-state index contributed by atoms with van der Waals surface area (Å²) in [6.07, 6.45) is -1.32. The minimum absolute atomic E-state index is 0. The molecule has 50 valence electrons. The van der Waals surface area contributed by atoms with E-state index in [1.807, 2.05) is 0 Å². The largest absolute Gasteiger partial charge is 0.412 e. The lowest BCUT2D eigenvalue weighted by Crippen LogP contribution is -2.18. The van der Waals surface area contributed by atoms with E-state index in [0.29, 0.717) is 0 Å². The second kappa shape index (κ2) is 5.04. The molecule has 0 rings (SSSR count). The first kappa shape index (κ1) is 10.8. The van der Waals surface area contributed by atoms with Crippen LogP contribution >= 0.6 is 12.6 Å². The van der Waals surface area contributed by atoms with E-state index in [4.69, 9.17) is 10.2 Å². The number of aliphatic hydroxyl groups is 2. The van der Waals surface area contributed by atoms with Crippen molar-refractivity contribution in [2.24, 2.45) is 0 Å². The van der Waals surface area contributed by atoms with Gasteiger partial charge in [-0.1, -0.05) is 0 Å². The number of aliphatic hydroxyl groups excluding tert-OH is 2. The predicted octanol–water partition coefficient (Wildman–Crippen LogP) is -2.03. The van der Waals surface area contributed by atoms with Crippen molar-refractivity contribution in [3.05, 3.63) is 0 Å². The summed E-state index contributed by atoms with van der Waals surface area (Å²) in [5.74, 6) is 0. The molecule has 0 amide bonds. The van der Waals surface area contributed by atoms with E-state index in [0.717, 1.165) is 0 Å². The Balaban J connectivity index is 0. The van der Waals surface area contributed by atoms with Gasteiger partial charge in [-0.3, -0.25) is 4.79 Å². The van der Waals surface area contributed by atoms with Gasteiger partial charge in [0.25, 0.3) is 0 Å². The maximum absolute atomic E-state index is 9.83. The summed E-state index contributed by atoms with van der Waals surface area (Å²) in [5.41, 5.74) is 0. The standard InChI is InChI=1S/C3H6O3S.H2O/c4-1-2(5)3(6)7;/h2,4-5H,1H2,(H,6,7);1H2. The third-order valence-electron chi connectivity index (χ3n) is 0.458. The van der Waals surface area contributed by atoms with E-state index in [9.17, 15) is 4.79 Å². The molecular formula is C3H8O4S. The number of carbonyl (C=O) groups is 1. The normalized spacial score (nSPS) is 11.9. The number of hydrogen-bond acceptors (Lipinski definition) is 3. The van der Waals surface area contributed by atoms with E-state index in [1.165, 1.54) is 0 Å². The van der Waals surface area contributed by atoms with Crippen molar-refractivity contribution < 1.29 is 20.5 Å². The van der Waals surface area contributed by atoms with Gasteiger partial charge in [0.2, 0.25) is 5.12 Å². The molecule has 0 radical (unpaired) electrons. The summed E-state index contributed by atoms with van der Waals surface area (Å²) in [6, 6.07) is 0. The molecule has 1 unspecified atom stereocenters. The monoisotopic (exact) mass is 140 g/mol. The molecule has 0 heterocycles. The lowest BCUT2D eigenvalue weighted by Gasteiger charge is -1.96. The van der Waals surface area contributed by atoms with Gasteiger partial charge in [-0.2, -0.15) is 0 Å². The summed E-state index contributed by atoms with van der Waals surface area (Å²) in [4.78, 5) is 9.83. The van der Waals surface area contributed by atoms with E-state index in [-0.39, 0.29) is 5.48 Å². The quantitative estimate of drug-likeness (QED) is 0.386. The molecule has 0 aliphatic heterocycles. The maximum atomic E-state index is 9.83. The van der Waals surface area contributed by atoms with Gasteiger partial charge in [0.05, 0.1) is 6.61 Å². The summed E-state index contributed by atoms with van der Waals surface area (Å²) in [5, 5.41) is 15.5. The average molecular weight is 140 g/mol. The minimum atomic E-state index is -1.32. The third kappa shape index (κ3) is 4.07. The highest BCUT2D eigenvalue weighted by molar-refractivity contribution is 7.96. The van der Waals surface area contributed by atoms with E-state index >= 15 is 0 Å². The Labute approximate surface area is 51.9 Å². The van der Waals surface area contributed by atoms with Crippen molar-refractivity contribution in [2.75, 3.05) is 6.61 Å². The van der Waals surface area contributed by atoms with Crippen molar-refractivity contribution in [2.45, 2.75) is 6.10 Å². The van der Waals surface area contributed by atoms with Crippen molar-refractivity contribution >= 4 is 17.7 Å². The molecule has 8 heavy (non-hydrogen) atoms. The SMILES string of the molecule is O.O=C(S)C(O)CO. The number of thiol groups is 1. The van der Waals surface area contributed by atoms with Gasteiger partial charge in [-0.15, -0.1) is 12.6 Å². The van der Waals surface area contributed by atoms with Crippen LogP contribution in [0, 0.1) is 0 Å². The molecule has 0 aromatic carbocycles. The van der Waals surface area contributed by atoms with Crippen LogP contribution in [0.25, 0.3) is 0 Å². The molecule has 0 aromatic heterocycles. The van der Waals surface area contributed by atoms with Crippen LogP contribution in [-0.4, -0.2) is 33.5 Å². The van der Waals surface area contributed by atoms with Crippen molar-refractivity contribution in [1.82, 2.24) is 0 Å². The second-order valence-electron chi connectivity index (χ2n) is 1.04. The third-order valence-corrected chi connectivity index (χ3v) is 0.756. The van der Waals surface area contributed by atoms with Crippen LogP contribution < -0.4 is 0 Å². The average Bonchev–Trinajstić information content (AvgIpc) is 1.65. The number of carbonyl (C=O) groups excluding carboxylic acids is 1. The lowest BCUT2D eigenvalue weighted by atomic mass is 10.4. The molecule has 5 heteroatoms. The van der Waals surface area contributed by atoms with E-state index in [2.05, 4.69) is 12.6 Å². The van der Waals surface area contributed by atoms with Gasteiger partial charge in [-0.05, 0) is 0 Å². The van der Waals surface area contributed by atoms with Crippen LogP contribution in [0.2, 0.25) is 0 Å². The fraction of sp³-hybridized carbons (Fsp3) is 0.667. The van der Waals surface area contributed by atoms with Crippen LogP contribution in [0.4, 0.5) is 0 Å². The lowest BCUT2D eigenvalue weighted by molar-refractivity contribution is -0.119. The summed E-state index contributed by atoms with van der Waals surface area (Å²) in [7, 11) is 0.